The molecule has 1 aliphatic rings. The summed E-state index contributed by atoms with van der Waals surface area (Å²) in [6, 6.07) is 12.4. The van der Waals surface area contributed by atoms with Crippen LogP contribution < -0.4 is 5.32 Å². The number of aryl methyl sites for hydroxylation is 2. The number of likely N-dealkylation sites (tertiary alicyclic amines) is 1. The van der Waals surface area contributed by atoms with E-state index < -0.39 is 0 Å². The van der Waals surface area contributed by atoms with Gasteiger partial charge in [-0.15, -0.1) is 0 Å². The van der Waals surface area contributed by atoms with Gasteiger partial charge in [-0.05, 0) is 54.9 Å². The minimum atomic E-state index is 0.0794. The fourth-order valence-electron chi connectivity index (χ4n) is 3.74. The van der Waals surface area contributed by atoms with Crippen LogP contribution in [0.5, 0.6) is 0 Å². The second-order valence-electron chi connectivity index (χ2n) is 7.43. The molecule has 27 heavy (non-hydrogen) atoms. The Kier molecular flexibility index (Phi) is 6.32. The Labute approximate surface area is 161 Å². The zero-order valence-corrected chi connectivity index (χ0v) is 16.3. The van der Waals surface area contributed by atoms with Gasteiger partial charge in [-0.2, -0.15) is 0 Å². The Morgan fingerprint density at radius 1 is 1.07 bits per heavy atom. The molecule has 144 valence electrons. The first-order valence-electron chi connectivity index (χ1n) is 9.76. The third-order valence-electron chi connectivity index (χ3n) is 5.53. The highest BCUT2D eigenvalue weighted by molar-refractivity contribution is 5.92. The summed E-state index contributed by atoms with van der Waals surface area (Å²) in [6.45, 7) is 1.66. The minimum absolute atomic E-state index is 0.0794. The molecule has 0 aliphatic carbocycles. The lowest BCUT2D eigenvalue weighted by Crippen LogP contribution is -2.39. The molecule has 0 unspecified atom stereocenters. The van der Waals surface area contributed by atoms with Crippen molar-refractivity contribution in [3.63, 3.8) is 0 Å². The lowest BCUT2D eigenvalue weighted by molar-refractivity contribution is -0.120. The highest BCUT2D eigenvalue weighted by Gasteiger charge is 2.24. The van der Waals surface area contributed by atoms with E-state index in [9.17, 15) is 9.59 Å². The average Bonchev–Trinajstić information content (AvgIpc) is 3.13. The third kappa shape index (κ3) is 5.00. The molecular formula is C22H29N3O2. The van der Waals surface area contributed by atoms with Gasteiger partial charge in [0.15, 0.2) is 0 Å². The number of nitrogens with one attached hydrogen (secondary N) is 1. The first-order valence-corrected chi connectivity index (χ1v) is 9.76. The van der Waals surface area contributed by atoms with Crippen LogP contribution in [0.4, 0.5) is 0 Å². The highest BCUT2D eigenvalue weighted by Crippen LogP contribution is 2.23. The number of carbonyl (C=O) groups excluding carboxylic acids is 2. The van der Waals surface area contributed by atoms with E-state index in [4.69, 9.17) is 0 Å². The van der Waals surface area contributed by atoms with Gasteiger partial charge in [-0.3, -0.25) is 9.59 Å². The van der Waals surface area contributed by atoms with Crippen LogP contribution in [0.15, 0.2) is 42.6 Å². The van der Waals surface area contributed by atoms with Gasteiger partial charge in [0, 0.05) is 39.8 Å². The van der Waals surface area contributed by atoms with Crippen molar-refractivity contribution in [1.82, 2.24) is 14.8 Å². The number of piperidine rings is 1. The van der Waals surface area contributed by atoms with Crippen LogP contribution >= 0.6 is 0 Å². The SMILES string of the molecule is CNC(=O)CCc1ccc(CC2CCN(C(=O)c3cccn3C)CC2)cc1. The monoisotopic (exact) mass is 367 g/mol. The Morgan fingerprint density at radius 3 is 2.33 bits per heavy atom. The molecule has 0 saturated carbocycles. The Balaban J connectivity index is 1.47. The molecule has 1 aromatic heterocycles. The summed E-state index contributed by atoms with van der Waals surface area (Å²) in [5, 5.41) is 2.66. The van der Waals surface area contributed by atoms with E-state index in [1.165, 1.54) is 11.1 Å². The van der Waals surface area contributed by atoms with Crippen molar-refractivity contribution in [3.05, 3.63) is 59.4 Å². The maximum Gasteiger partial charge on any atom is 0.270 e. The van der Waals surface area contributed by atoms with Gasteiger partial charge in [0.2, 0.25) is 5.91 Å². The largest absolute Gasteiger partial charge is 0.359 e. The number of rotatable bonds is 6. The van der Waals surface area contributed by atoms with Crippen molar-refractivity contribution in [3.8, 4) is 0 Å². The van der Waals surface area contributed by atoms with Crippen molar-refractivity contribution < 1.29 is 9.59 Å². The standard InChI is InChI=1S/C22H29N3O2/c1-23-21(26)10-9-17-5-7-18(8-6-17)16-19-11-14-25(15-12-19)22(27)20-4-3-13-24(20)2/h3-8,13,19H,9-12,14-16H2,1-2H3,(H,23,26). The van der Waals surface area contributed by atoms with Crippen molar-refractivity contribution in [2.24, 2.45) is 13.0 Å². The van der Waals surface area contributed by atoms with Crippen molar-refractivity contribution in [2.75, 3.05) is 20.1 Å². The van der Waals surface area contributed by atoms with E-state index in [1.807, 2.05) is 34.8 Å². The zero-order valence-electron chi connectivity index (χ0n) is 16.3. The molecule has 5 heteroatoms. The lowest BCUT2D eigenvalue weighted by Gasteiger charge is -2.32. The molecule has 1 aromatic carbocycles. The summed E-state index contributed by atoms with van der Waals surface area (Å²) in [5.41, 5.74) is 3.30. The van der Waals surface area contributed by atoms with Crippen molar-refractivity contribution in [1.29, 1.82) is 0 Å². The molecule has 0 bridgehead atoms. The summed E-state index contributed by atoms with van der Waals surface area (Å²) in [4.78, 5) is 25.9. The van der Waals surface area contributed by atoms with Gasteiger partial charge in [-0.25, -0.2) is 0 Å². The number of aromatic nitrogens is 1. The third-order valence-corrected chi connectivity index (χ3v) is 5.53. The molecule has 0 spiro atoms. The number of nitrogens with zero attached hydrogens (tertiary/aromatic N) is 2. The molecular weight excluding hydrogens is 338 g/mol. The lowest BCUT2D eigenvalue weighted by atomic mass is 9.89. The summed E-state index contributed by atoms with van der Waals surface area (Å²) in [7, 11) is 3.59. The molecule has 5 nitrogen and oxygen atoms in total. The average molecular weight is 367 g/mol. The van der Waals surface area contributed by atoms with Crippen molar-refractivity contribution >= 4 is 11.8 Å². The van der Waals surface area contributed by atoms with Gasteiger partial charge >= 0.3 is 0 Å². The molecule has 3 rings (SSSR count). The van der Waals surface area contributed by atoms with Crippen LogP contribution in [0.3, 0.4) is 0 Å². The number of carbonyl (C=O) groups is 2. The number of hydrogen-bond donors (Lipinski definition) is 1. The van der Waals surface area contributed by atoms with Crippen LogP contribution in [0, 0.1) is 5.92 Å². The fraction of sp³-hybridized carbons (Fsp3) is 0.455. The predicted octanol–water partition coefficient (Wildman–Crippen LogP) is 2.80. The Morgan fingerprint density at radius 2 is 1.74 bits per heavy atom. The van der Waals surface area contributed by atoms with Crippen LogP contribution in [0.1, 0.15) is 40.9 Å². The molecule has 2 heterocycles. The summed E-state index contributed by atoms with van der Waals surface area (Å²) in [6.07, 6.45) is 6.38. The maximum atomic E-state index is 12.6. The molecule has 0 atom stereocenters. The fourth-order valence-corrected chi connectivity index (χ4v) is 3.74. The van der Waals surface area contributed by atoms with E-state index in [0.29, 0.717) is 12.3 Å². The van der Waals surface area contributed by atoms with E-state index in [1.54, 1.807) is 7.05 Å². The molecule has 0 radical (unpaired) electrons. The second-order valence-corrected chi connectivity index (χ2v) is 7.43. The smallest absolute Gasteiger partial charge is 0.270 e. The second kappa shape index (κ2) is 8.89. The van der Waals surface area contributed by atoms with E-state index in [2.05, 4.69) is 29.6 Å². The Hall–Kier alpha value is -2.56. The first kappa shape index (κ1) is 19.2. The summed E-state index contributed by atoms with van der Waals surface area (Å²) >= 11 is 0. The molecule has 1 fully saturated rings. The van der Waals surface area contributed by atoms with Gasteiger partial charge in [0.25, 0.3) is 5.91 Å². The molecule has 2 amide bonds. The minimum Gasteiger partial charge on any atom is -0.359 e. The molecule has 2 aromatic rings. The van der Waals surface area contributed by atoms with Crippen molar-refractivity contribution in [2.45, 2.75) is 32.1 Å². The Bertz CT molecular complexity index is 771. The predicted molar refractivity (Wildman–Crippen MR) is 107 cm³/mol. The number of benzene rings is 1. The van der Waals surface area contributed by atoms with Gasteiger partial charge < -0.3 is 14.8 Å². The number of hydrogen-bond acceptors (Lipinski definition) is 2. The summed E-state index contributed by atoms with van der Waals surface area (Å²) < 4.78 is 1.89. The van der Waals surface area contributed by atoms with Gasteiger partial charge in [0.1, 0.15) is 5.69 Å². The van der Waals surface area contributed by atoms with E-state index in [-0.39, 0.29) is 11.8 Å². The van der Waals surface area contributed by atoms with Crippen LogP contribution in [-0.4, -0.2) is 41.4 Å². The number of amides is 2. The molecule has 1 aliphatic heterocycles. The van der Waals surface area contributed by atoms with Gasteiger partial charge in [-0.1, -0.05) is 24.3 Å². The quantitative estimate of drug-likeness (QED) is 0.854. The molecule has 1 saturated heterocycles. The van der Waals surface area contributed by atoms with E-state index in [0.717, 1.165) is 44.5 Å². The van der Waals surface area contributed by atoms with Crippen LogP contribution in [-0.2, 0) is 24.7 Å². The maximum absolute atomic E-state index is 12.6. The summed E-state index contributed by atoms with van der Waals surface area (Å²) in [5.74, 6) is 0.844. The first-order chi connectivity index (χ1) is 13.1. The normalized spacial score (nSPS) is 15.0. The van der Waals surface area contributed by atoms with Gasteiger partial charge in [0.05, 0.1) is 0 Å². The highest BCUT2D eigenvalue weighted by atomic mass is 16.2. The van der Waals surface area contributed by atoms with Crippen LogP contribution in [0.2, 0.25) is 0 Å². The zero-order chi connectivity index (χ0) is 19.2. The molecule has 1 N–H and O–H groups in total. The van der Waals surface area contributed by atoms with E-state index >= 15 is 0 Å². The van der Waals surface area contributed by atoms with Crippen LogP contribution in [0.25, 0.3) is 0 Å². The topological polar surface area (TPSA) is 54.3 Å².